The fourth-order valence-electron chi connectivity index (χ4n) is 2.46. The molecule has 0 spiro atoms. The van der Waals surface area contributed by atoms with Crippen molar-refractivity contribution in [1.82, 2.24) is 15.5 Å². The fourth-order valence-corrected chi connectivity index (χ4v) is 2.46. The summed E-state index contributed by atoms with van der Waals surface area (Å²) in [5.41, 5.74) is 15.9. The molecule has 0 saturated heterocycles. The molecule has 0 radical (unpaired) electrons. The first-order chi connectivity index (χ1) is 14.5. The fraction of sp³-hybridized carbons (Fsp3) is 0.556. The van der Waals surface area contributed by atoms with Crippen LogP contribution in [0.25, 0.3) is 0 Å². The molecule has 180 valence electrons. The third-order valence-corrected chi connectivity index (χ3v) is 3.88. The number of rotatable bonds is 11. The number of fused-ring (bicyclic) bond motifs is 1. The number of amides is 2. The molecule has 2 amide bonds. The van der Waals surface area contributed by atoms with E-state index in [4.69, 9.17) is 32.1 Å². The summed E-state index contributed by atoms with van der Waals surface area (Å²) in [6, 6.07) is 6.61. The summed E-state index contributed by atoms with van der Waals surface area (Å²) in [6.07, 6.45) is -1.34. The van der Waals surface area contributed by atoms with Crippen molar-refractivity contribution in [1.29, 1.82) is 11.1 Å². The Kier molecular flexibility index (Phi) is 18.3. The van der Waals surface area contributed by atoms with Gasteiger partial charge in [-0.2, -0.15) is 0 Å². The summed E-state index contributed by atoms with van der Waals surface area (Å²) in [5, 5.41) is 41.1. The van der Waals surface area contributed by atoms with Gasteiger partial charge in [0.25, 0.3) is 11.8 Å². The molecule has 2 atom stereocenters. The number of benzene rings is 1. The Balaban J connectivity index is -0.000000557. The lowest BCUT2D eigenvalue weighted by atomic mass is 10.1. The second kappa shape index (κ2) is 18.4. The highest BCUT2D eigenvalue weighted by Crippen LogP contribution is 2.22. The van der Waals surface area contributed by atoms with Gasteiger partial charge in [-0.3, -0.25) is 14.5 Å². The molecule has 13 nitrogen and oxygen atoms in total. The van der Waals surface area contributed by atoms with Crippen LogP contribution in [0.1, 0.15) is 22.1 Å². The van der Waals surface area contributed by atoms with Crippen molar-refractivity contribution in [3.8, 4) is 0 Å². The van der Waals surface area contributed by atoms with Gasteiger partial charge < -0.3 is 42.3 Å². The Bertz CT molecular complexity index is 609. The first kappa shape index (κ1) is 30.8. The van der Waals surface area contributed by atoms with Crippen molar-refractivity contribution in [2.75, 3.05) is 52.5 Å². The monoisotopic (exact) mass is 448 g/mol. The molecule has 0 saturated carbocycles. The summed E-state index contributed by atoms with van der Waals surface area (Å²) in [4.78, 5) is 25.1. The zero-order valence-electron chi connectivity index (χ0n) is 17.3. The zero-order valence-corrected chi connectivity index (χ0v) is 17.3. The molecule has 0 bridgehead atoms. The minimum Gasteiger partial charge on any atom is -0.412 e. The first-order valence-corrected chi connectivity index (χ1v) is 9.35. The third kappa shape index (κ3) is 11.0. The number of carbonyl (C=O) groups is 2. The maximum atomic E-state index is 12.0. The van der Waals surface area contributed by atoms with Crippen molar-refractivity contribution in [2.45, 2.75) is 12.2 Å². The van der Waals surface area contributed by atoms with E-state index >= 15 is 0 Å². The Morgan fingerprint density at radius 2 is 1.35 bits per heavy atom. The molecule has 1 heterocycles. The SMILES string of the molecule is N=N.NCC(O)CNCCO.O.O=C1c2ccccc2C(=O)N1CC(O)CNCCO.[HH]. The average molecular weight is 449 g/mol. The second-order valence-electron chi connectivity index (χ2n) is 6.17. The van der Waals surface area contributed by atoms with Crippen LogP contribution >= 0.6 is 0 Å². The van der Waals surface area contributed by atoms with Crippen molar-refractivity contribution < 1.29 is 36.9 Å². The van der Waals surface area contributed by atoms with E-state index in [-0.39, 0.29) is 51.6 Å². The predicted molar refractivity (Wildman–Crippen MR) is 114 cm³/mol. The van der Waals surface area contributed by atoms with E-state index in [0.29, 0.717) is 30.8 Å². The van der Waals surface area contributed by atoms with Crippen molar-refractivity contribution in [3.63, 3.8) is 0 Å². The molecule has 12 N–H and O–H groups in total. The second-order valence-corrected chi connectivity index (χ2v) is 6.17. The van der Waals surface area contributed by atoms with Crippen LogP contribution < -0.4 is 16.4 Å². The van der Waals surface area contributed by atoms with E-state index in [1.807, 2.05) is 0 Å². The van der Waals surface area contributed by atoms with Gasteiger partial charge in [0.05, 0.1) is 43.1 Å². The van der Waals surface area contributed by atoms with Gasteiger partial charge in [-0.15, -0.1) is 0 Å². The van der Waals surface area contributed by atoms with Crippen molar-refractivity contribution in [2.24, 2.45) is 5.73 Å². The molecule has 1 aliphatic rings. The number of aliphatic hydroxyl groups excluding tert-OH is 4. The van der Waals surface area contributed by atoms with E-state index in [1.165, 1.54) is 0 Å². The van der Waals surface area contributed by atoms with Crippen LogP contribution in [-0.4, -0.2) is 107 Å². The van der Waals surface area contributed by atoms with E-state index in [1.54, 1.807) is 24.3 Å². The third-order valence-electron chi connectivity index (χ3n) is 3.88. The summed E-state index contributed by atoms with van der Waals surface area (Å²) in [6.45, 7) is 1.82. The summed E-state index contributed by atoms with van der Waals surface area (Å²) in [5.74, 6) is -0.747. The minimum absolute atomic E-state index is 0. The van der Waals surface area contributed by atoms with Crippen molar-refractivity contribution in [3.05, 3.63) is 35.4 Å². The van der Waals surface area contributed by atoms with Gasteiger partial charge >= 0.3 is 0 Å². The lowest BCUT2D eigenvalue weighted by Crippen LogP contribution is -2.41. The van der Waals surface area contributed by atoms with Gasteiger partial charge in [-0.05, 0) is 12.1 Å². The Hall–Kier alpha value is -2.36. The molecular weight excluding hydrogens is 412 g/mol. The molecular formula is C18H36N6O7. The number of nitrogens with one attached hydrogen (secondary N) is 4. The minimum atomic E-state index is -0.853. The highest BCUT2D eigenvalue weighted by atomic mass is 16.3. The zero-order chi connectivity index (χ0) is 22.9. The average Bonchev–Trinajstić information content (AvgIpc) is 3.01. The van der Waals surface area contributed by atoms with Crippen LogP contribution in [0, 0.1) is 11.1 Å². The Labute approximate surface area is 182 Å². The normalized spacial score (nSPS) is 13.8. The van der Waals surface area contributed by atoms with Gasteiger partial charge in [0, 0.05) is 34.2 Å². The standard InChI is InChI=1S/C13H16N2O4.C5H14N2O2.H2N2.H2O.H2/c16-6-5-14-7-9(17)8-15-12(18)10-3-1-2-4-11(10)13(15)19;6-3-5(9)4-7-1-2-8;1-2;;/h1-4,9,14,16-17H,5-8H2;5,7-9H,1-4,6H2;1-2H;1H2;1H. The lowest BCUT2D eigenvalue weighted by Gasteiger charge is -2.18. The molecule has 1 aliphatic heterocycles. The van der Waals surface area contributed by atoms with Crippen LogP contribution in [0.4, 0.5) is 0 Å². The molecule has 0 fully saturated rings. The maximum absolute atomic E-state index is 12.0. The smallest absolute Gasteiger partial charge is 0.261 e. The van der Waals surface area contributed by atoms with Crippen molar-refractivity contribution >= 4 is 11.8 Å². The molecule has 2 unspecified atom stereocenters. The summed E-state index contributed by atoms with van der Waals surface area (Å²) in [7, 11) is 0. The largest absolute Gasteiger partial charge is 0.412 e. The first-order valence-electron chi connectivity index (χ1n) is 9.35. The predicted octanol–water partition coefficient (Wildman–Crippen LogP) is -2.87. The molecule has 2 rings (SSSR count). The number of carbonyl (C=O) groups excluding carboxylic acids is 2. The number of nitrogens with zero attached hydrogens (tertiary/aromatic N) is 1. The Morgan fingerprint density at radius 1 is 0.935 bits per heavy atom. The molecule has 0 aliphatic carbocycles. The van der Waals surface area contributed by atoms with E-state index in [0.717, 1.165) is 4.90 Å². The van der Waals surface area contributed by atoms with E-state index in [9.17, 15) is 14.7 Å². The van der Waals surface area contributed by atoms with Gasteiger partial charge in [-0.1, -0.05) is 12.1 Å². The summed E-state index contributed by atoms with van der Waals surface area (Å²) >= 11 is 0. The maximum Gasteiger partial charge on any atom is 0.261 e. The number of hydrogen-bond donors (Lipinski definition) is 9. The highest BCUT2D eigenvalue weighted by molar-refractivity contribution is 6.21. The molecule has 1 aromatic rings. The topological polar surface area (TPSA) is 248 Å². The van der Waals surface area contributed by atoms with Crippen LogP contribution in [0.3, 0.4) is 0 Å². The number of nitrogens with two attached hydrogens (primary N) is 1. The van der Waals surface area contributed by atoms with Crippen LogP contribution in [0.2, 0.25) is 0 Å². The van der Waals surface area contributed by atoms with Crippen LogP contribution in [-0.2, 0) is 0 Å². The summed E-state index contributed by atoms with van der Waals surface area (Å²) < 4.78 is 0. The molecule has 13 heteroatoms. The Morgan fingerprint density at radius 3 is 1.74 bits per heavy atom. The number of hydrogen-bond acceptors (Lipinski definition) is 11. The molecule has 31 heavy (non-hydrogen) atoms. The van der Waals surface area contributed by atoms with E-state index < -0.39 is 12.2 Å². The number of imide groups is 1. The molecule has 0 aromatic heterocycles. The van der Waals surface area contributed by atoms with Gasteiger partial charge in [-0.25, -0.2) is 11.1 Å². The quantitative estimate of drug-likeness (QED) is 0.0957. The van der Waals surface area contributed by atoms with Gasteiger partial charge in [0.2, 0.25) is 0 Å². The van der Waals surface area contributed by atoms with Gasteiger partial charge in [0.15, 0.2) is 0 Å². The highest BCUT2D eigenvalue weighted by Gasteiger charge is 2.35. The van der Waals surface area contributed by atoms with Gasteiger partial charge in [0.1, 0.15) is 0 Å². The van der Waals surface area contributed by atoms with Crippen LogP contribution in [0.5, 0.6) is 0 Å². The molecule has 1 aromatic carbocycles. The lowest BCUT2D eigenvalue weighted by molar-refractivity contribution is 0.0542. The van der Waals surface area contributed by atoms with Crippen LogP contribution in [0.15, 0.2) is 24.3 Å². The van der Waals surface area contributed by atoms with E-state index in [2.05, 4.69) is 10.6 Å². The number of aliphatic hydroxyl groups is 4. The number of β-amino-alcohol motifs (C(OH)–C–C–N with tert-alkyl or cyclic N) is 1.